The quantitative estimate of drug-likeness (QED) is 0.874. The molecule has 20 heavy (non-hydrogen) atoms. The standard InChI is InChI=1S/C15H20N4O/c1-4-14-13(10-19(3)18-14)15(20)17-12-7-5-6-11(8-12)9-16-2/h5-8,10,16H,4,9H2,1-3H3,(H,17,20). The zero-order chi connectivity index (χ0) is 14.5. The van der Waals surface area contributed by atoms with Crippen molar-refractivity contribution in [3.8, 4) is 0 Å². The fourth-order valence-corrected chi connectivity index (χ4v) is 2.15. The van der Waals surface area contributed by atoms with Gasteiger partial charge >= 0.3 is 0 Å². The van der Waals surface area contributed by atoms with Crippen molar-refractivity contribution < 1.29 is 4.79 Å². The van der Waals surface area contributed by atoms with Crippen molar-refractivity contribution in [2.75, 3.05) is 12.4 Å². The highest BCUT2D eigenvalue weighted by molar-refractivity contribution is 6.04. The van der Waals surface area contributed by atoms with Gasteiger partial charge in [0.15, 0.2) is 0 Å². The molecule has 0 saturated carbocycles. The molecular formula is C15H20N4O. The van der Waals surface area contributed by atoms with Crippen LogP contribution in [0.5, 0.6) is 0 Å². The van der Waals surface area contributed by atoms with Gasteiger partial charge in [0.05, 0.1) is 11.3 Å². The summed E-state index contributed by atoms with van der Waals surface area (Å²) >= 11 is 0. The lowest BCUT2D eigenvalue weighted by atomic mass is 10.1. The van der Waals surface area contributed by atoms with Crippen LogP contribution in [0.2, 0.25) is 0 Å². The summed E-state index contributed by atoms with van der Waals surface area (Å²) in [4.78, 5) is 12.3. The SMILES string of the molecule is CCc1nn(C)cc1C(=O)Nc1cccc(CNC)c1. The number of anilines is 1. The molecule has 0 saturated heterocycles. The van der Waals surface area contributed by atoms with E-state index in [0.29, 0.717) is 5.56 Å². The van der Waals surface area contributed by atoms with Crippen LogP contribution in [-0.4, -0.2) is 22.7 Å². The number of hydrogen-bond acceptors (Lipinski definition) is 3. The summed E-state index contributed by atoms with van der Waals surface area (Å²) in [5.41, 5.74) is 3.38. The molecule has 5 nitrogen and oxygen atoms in total. The normalized spacial score (nSPS) is 10.6. The van der Waals surface area contributed by atoms with Crippen molar-refractivity contribution >= 4 is 11.6 Å². The molecule has 0 radical (unpaired) electrons. The van der Waals surface area contributed by atoms with Crippen molar-refractivity contribution in [3.63, 3.8) is 0 Å². The highest BCUT2D eigenvalue weighted by atomic mass is 16.1. The lowest BCUT2D eigenvalue weighted by Crippen LogP contribution is -2.13. The maximum Gasteiger partial charge on any atom is 0.259 e. The Balaban J connectivity index is 2.16. The highest BCUT2D eigenvalue weighted by Crippen LogP contribution is 2.14. The Hall–Kier alpha value is -2.14. The van der Waals surface area contributed by atoms with Crippen molar-refractivity contribution in [2.45, 2.75) is 19.9 Å². The van der Waals surface area contributed by atoms with Crippen LogP contribution in [0.15, 0.2) is 30.5 Å². The molecule has 5 heteroatoms. The molecule has 1 heterocycles. The number of aryl methyl sites for hydroxylation is 2. The van der Waals surface area contributed by atoms with Crippen LogP contribution in [0.3, 0.4) is 0 Å². The third-order valence-electron chi connectivity index (χ3n) is 3.05. The van der Waals surface area contributed by atoms with Gasteiger partial charge in [-0.15, -0.1) is 0 Å². The fourth-order valence-electron chi connectivity index (χ4n) is 2.15. The summed E-state index contributed by atoms with van der Waals surface area (Å²) < 4.78 is 1.67. The van der Waals surface area contributed by atoms with E-state index < -0.39 is 0 Å². The number of carbonyl (C=O) groups is 1. The number of nitrogens with one attached hydrogen (secondary N) is 2. The highest BCUT2D eigenvalue weighted by Gasteiger charge is 2.14. The second kappa shape index (κ2) is 6.34. The topological polar surface area (TPSA) is 59.0 Å². The van der Waals surface area contributed by atoms with Crippen LogP contribution in [0, 0.1) is 0 Å². The molecule has 2 aromatic rings. The number of amides is 1. The molecule has 2 rings (SSSR count). The molecule has 0 aliphatic rings. The van der Waals surface area contributed by atoms with E-state index in [2.05, 4.69) is 15.7 Å². The molecule has 0 bridgehead atoms. The molecule has 0 aliphatic carbocycles. The molecule has 2 N–H and O–H groups in total. The first-order valence-corrected chi connectivity index (χ1v) is 6.71. The van der Waals surface area contributed by atoms with Gasteiger partial charge in [0.25, 0.3) is 5.91 Å². The van der Waals surface area contributed by atoms with E-state index in [1.54, 1.807) is 10.9 Å². The molecule has 1 amide bonds. The van der Waals surface area contributed by atoms with Crippen molar-refractivity contribution in [1.29, 1.82) is 0 Å². The van der Waals surface area contributed by atoms with Gasteiger partial charge in [-0.2, -0.15) is 5.10 Å². The second-order valence-electron chi connectivity index (χ2n) is 4.70. The van der Waals surface area contributed by atoms with Crippen LogP contribution < -0.4 is 10.6 Å². The average Bonchev–Trinajstić information content (AvgIpc) is 2.81. The fraction of sp³-hybridized carbons (Fsp3) is 0.333. The second-order valence-corrected chi connectivity index (χ2v) is 4.70. The zero-order valence-electron chi connectivity index (χ0n) is 12.1. The number of benzene rings is 1. The van der Waals surface area contributed by atoms with E-state index in [4.69, 9.17) is 0 Å². The van der Waals surface area contributed by atoms with E-state index in [9.17, 15) is 4.79 Å². The summed E-state index contributed by atoms with van der Waals surface area (Å²) in [5, 5.41) is 10.3. The molecule has 0 atom stereocenters. The molecular weight excluding hydrogens is 252 g/mol. The zero-order valence-corrected chi connectivity index (χ0v) is 12.1. The number of rotatable bonds is 5. The Labute approximate surface area is 119 Å². The van der Waals surface area contributed by atoms with Crippen molar-refractivity contribution in [2.24, 2.45) is 7.05 Å². The number of aromatic nitrogens is 2. The van der Waals surface area contributed by atoms with Crippen LogP contribution in [0.25, 0.3) is 0 Å². The number of nitrogens with zero attached hydrogens (tertiary/aromatic N) is 2. The predicted octanol–water partition coefficient (Wildman–Crippen LogP) is 1.95. The maximum absolute atomic E-state index is 12.3. The third kappa shape index (κ3) is 3.24. The van der Waals surface area contributed by atoms with Crippen LogP contribution in [0.1, 0.15) is 28.5 Å². The minimum absolute atomic E-state index is 0.114. The molecule has 0 unspecified atom stereocenters. The Bertz CT molecular complexity index is 604. The summed E-state index contributed by atoms with van der Waals surface area (Å²) in [5.74, 6) is -0.114. The molecule has 0 spiro atoms. The van der Waals surface area contributed by atoms with Crippen LogP contribution in [-0.2, 0) is 20.0 Å². The van der Waals surface area contributed by atoms with E-state index >= 15 is 0 Å². The molecule has 1 aromatic carbocycles. The van der Waals surface area contributed by atoms with E-state index in [0.717, 1.165) is 29.9 Å². The monoisotopic (exact) mass is 272 g/mol. The van der Waals surface area contributed by atoms with Gasteiger partial charge in [-0.05, 0) is 31.2 Å². The van der Waals surface area contributed by atoms with E-state index in [-0.39, 0.29) is 5.91 Å². The van der Waals surface area contributed by atoms with Gasteiger partial charge in [-0.1, -0.05) is 19.1 Å². The molecule has 106 valence electrons. The Kier molecular flexibility index (Phi) is 4.53. The Morgan fingerprint density at radius 2 is 2.20 bits per heavy atom. The van der Waals surface area contributed by atoms with Crippen LogP contribution in [0.4, 0.5) is 5.69 Å². The molecule has 0 aliphatic heterocycles. The van der Waals surface area contributed by atoms with Gasteiger partial charge in [0.2, 0.25) is 0 Å². The summed E-state index contributed by atoms with van der Waals surface area (Å²) in [7, 11) is 3.72. The summed E-state index contributed by atoms with van der Waals surface area (Å²) in [6, 6.07) is 7.81. The summed E-state index contributed by atoms with van der Waals surface area (Å²) in [6.07, 6.45) is 2.50. The first-order chi connectivity index (χ1) is 9.63. The lowest BCUT2D eigenvalue weighted by molar-refractivity contribution is 0.102. The van der Waals surface area contributed by atoms with Gasteiger partial charge in [-0.3, -0.25) is 9.48 Å². The minimum atomic E-state index is -0.114. The van der Waals surface area contributed by atoms with Crippen molar-refractivity contribution in [3.05, 3.63) is 47.3 Å². The van der Waals surface area contributed by atoms with Crippen LogP contribution >= 0.6 is 0 Å². The lowest BCUT2D eigenvalue weighted by Gasteiger charge is -2.07. The maximum atomic E-state index is 12.3. The first kappa shape index (κ1) is 14.3. The molecule has 1 aromatic heterocycles. The smallest absolute Gasteiger partial charge is 0.259 e. The number of carbonyl (C=O) groups excluding carboxylic acids is 1. The van der Waals surface area contributed by atoms with Crippen molar-refractivity contribution in [1.82, 2.24) is 15.1 Å². The van der Waals surface area contributed by atoms with E-state index in [1.165, 1.54) is 0 Å². The molecule has 0 fully saturated rings. The summed E-state index contributed by atoms with van der Waals surface area (Å²) in [6.45, 7) is 2.77. The van der Waals surface area contributed by atoms with Gasteiger partial charge in [0.1, 0.15) is 0 Å². The third-order valence-corrected chi connectivity index (χ3v) is 3.05. The Morgan fingerprint density at radius 3 is 2.90 bits per heavy atom. The largest absolute Gasteiger partial charge is 0.322 e. The minimum Gasteiger partial charge on any atom is -0.322 e. The number of hydrogen-bond donors (Lipinski definition) is 2. The van der Waals surface area contributed by atoms with E-state index in [1.807, 2.05) is 45.3 Å². The average molecular weight is 272 g/mol. The first-order valence-electron chi connectivity index (χ1n) is 6.71. The van der Waals surface area contributed by atoms with Gasteiger partial charge in [-0.25, -0.2) is 0 Å². The van der Waals surface area contributed by atoms with Gasteiger partial charge in [0, 0.05) is 25.5 Å². The van der Waals surface area contributed by atoms with Gasteiger partial charge < -0.3 is 10.6 Å². The Morgan fingerprint density at radius 1 is 1.40 bits per heavy atom. The predicted molar refractivity (Wildman–Crippen MR) is 79.7 cm³/mol.